The highest BCUT2D eigenvalue weighted by Crippen LogP contribution is 2.26. The van der Waals surface area contributed by atoms with Crippen molar-refractivity contribution in [3.05, 3.63) is 30.0 Å². The Labute approximate surface area is 95.8 Å². The lowest BCUT2D eigenvalue weighted by Gasteiger charge is -2.14. The summed E-state index contributed by atoms with van der Waals surface area (Å²) in [4.78, 5) is 0. The van der Waals surface area contributed by atoms with Crippen LogP contribution >= 0.6 is 0 Å². The molecule has 0 saturated carbocycles. The minimum absolute atomic E-state index is 0.422. The molecule has 0 amide bonds. The second-order valence-electron chi connectivity index (χ2n) is 4.35. The number of hydrogen-bond acceptors (Lipinski definition) is 2. The van der Waals surface area contributed by atoms with E-state index >= 15 is 0 Å². The third-order valence-corrected chi connectivity index (χ3v) is 2.75. The number of aromatic nitrogens is 1. The Kier molecular flexibility index (Phi) is 2.88. The molecule has 0 bridgehead atoms. The Morgan fingerprint density at radius 1 is 1.31 bits per heavy atom. The van der Waals surface area contributed by atoms with Gasteiger partial charge < -0.3 is 15.0 Å². The van der Waals surface area contributed by atoms with Gasteiger partial charge in [-0.15, -0.1) is 0 Å². The van der Waals surface area contributed by atoms with Crippen molar-refractivity contribution < 1.29 is 4.74 Å². The largest absolute Gasteiger partial charge is 0.399 e. The van der Waals surface area contributed by atoms with Crippen LogP contribution in [0.5, 0.6) is 0 Å². The van der Waals surface area contributed by atoms with E-state index in [1.807, 2.05) is 12.1 Å². The summed E-state index contributed by atoms with van der Waals surface area (Å²) >= 11 is 0. The number of rotatable bonds is 3. The Morgan fingerprint density at radius 3 is 2.69 bits per heavy atom. The average molecular weight is 218 g/mol. The Bertz CT molecular complexity index is 500. The normalized spacial score (nSPS) is 11.5. The monoisotopic (exact) mass is 218 g/mol. The maximum Gasteiger partial charge on any atom is 0.0864 e. The van der Waals surface area contributed by atoms with Crippen LogP contribution in [0.4, 0.5) is 5.69 Å². The first-order valence-corrected chi connectivity index (χ1v) is 5.51. The number of fused-ring (bicyclic) bond motifs is 1. The lowest BCUT2D eigenvalue weighted by atomic mass is 10.2. The molecule has 2 aromatic rings. The summed E-state index contributed by atoms with van der Waals surface area (Å²) in [5.74, 6) is 0. The molecular formula is C13H18N2O. The van der Waals surface area contributed by atoms with Crippen LogP contribution < -0.4 is 5.73 Å². The van der Waals surface area contributed by atoms with Gasteiger partial charge in [0.05, 0.1) is 6.61 Å². The molecule has 0 aliphatic rings. The molecule has 0 fully saturated rings. The molecule has 0 spiro atoms. The SMILES string of the molecule is COCc1cc2cc(N)ccc2n1C(C)C. The lowest BCUT2D eigenvalue weighted by molar-refractivity contribution is 0.177. The molecule has 0 aliphatic carbocycles. The van der Waals surface area contributed by atoms with Crippen molar-refractivity contribution in [2.75, 3.05) is 12.8 Å². The number of ether oxygens (including phenoxy) is 1. The second kappa shape index (κ2) is 4.18. The standard InChI is InChI=1S/C13H18N2O/c1-9(2)15-12(8-16-3)7-10-6-11(14)4-5-13(10)15/h4-7,9H,8,14H2,1-3H3. The number of nitrogens with zero attached hydrogens (tertiary/aromatic N) is 1. The van der Waals surface area contributed by atoms with E-state index in [1.54, 1.807) is 7.11 Å². The average Bonchev–Trinajstić information content (AvgIpc) is 2.55. The molecule has 2 N–H and O–H groups in total. The molecule has 0 atom stereocenters. The van der Waals surface area contributed by atoms with Crippen LogP contribution in [0.15, 0.2) is 24.3 Å². The minimum Gasteiger partial charge on any atom is -0.399 e. The number of nitrogens with two attached hydrogens (primary N) is 1. The predicted octanol–water partition coefficient (Wildman–Crippen LogP) is 2.95. The maximum absolute atomic E-state index is 5.79. The molecule has 0 unspecified atom stereocenters. The number of anilines is 1. The van der Waals surface area contributed by atoms with Crippen molar-refractivity contribution in [3.8, 4) is 0 Å². The van der Waals surface area contributed by atoms with Gasteiger partial charge >= 0.3 is 0 Å². The third-order valence-electron chi connectivity index (χ3n) is 2.75. The van der Waals surface area contributed by atoms with E-state index < -0.39 is 0 Å². The molecule has 86 valence electrons. The van der Waals surface area contributed by atoms with Crippen molar-refractivity contribution in [3.63, 3.8) is 0 Å². The van der Waals surface area contributed by atoms with Gasteiger partial charge in [-0.2, -0.15) is 0 Å². The molecule has 0 radical (unpaired) electrons. The smallest absolute Gasteiger partial charge is 0.0864 e. The molecule has 0 aliphatic heterocycles. The quantitative estimate of drug-likeness (QED) is 0.804. The third kappa shape index (κ3) is 1.78. The fraction of sp³-hybridized carbons (Fsp3) is 0.385. The Hall–Kier alpha value is -1.48. The molecule has 1 heterocycles. The molecule has 1 aromatic heterocycles. The first-order chi connectivity index (χ1) is 7.63. The molecular weight excluding hydrogens is 200 g/mol. The van der Waals surface area contributed by atoms with Gasteiger partial charge in [0, 0.05) is 35.4 Å². The highest BCUT2D eigenvalue weighted by molar-refractivity contribution is 5.84. The van der Waals surface area contributed by atoms with Gasteiger partial charge in [-0.1, -0.05) is 0 Å². The van der Waals surface area contributed by atoms with Crippen molar-refractivity contribution >= 4 is 16.6 Å². The summed E-state index contributed by atoms with van der Waals surface area (Å²) in [6.07, 6.45) is 0. The summed E-state index contributed by atoms with van der Waals surface area (Å²) < 4.78 is 7.52. The molecule has 1 aromatic carbocycles. The fourth-order valence-corrected chi connectivity index (χ4v) is 2.18. The molecule has 16 heavy (non-hydrogen) atoms. The van der Waals surface area contributed by atoms with Crippen molar-refractivity contribution in [2.24, 2.45) is 0 Å². The van der Waals surface area contributed by atoms with Crippen molar-refractivity contribution in [1.82, 2.24) is 4.57 Å². The molecule has 3 nitrogen and oxygen atoms in total. The summed E-state index contributed by atoms with van der Waals surface area (Å²) in [7, 11) is 1.72. The van der Waals surface area contributed by atoms with E-state index in [9.17, 15) is 0 Å². The van der Waals surface area contributed by atoms with Crippen molar-refractivity contribution in [2.45, 2.75) is 26.5 Å². The van der Waals surface area contributed by atoms with Crippen LogP contribution in [-0.4, -0.2) is 11.7 Å². The van der Waals surface area contributed by atoms with Crippen molar-refractivity contribution in [1.29, 1.82) is 0 Å². The highest BCUT2D eigenvalue weighted by Gasteiger charge is 2.11. The number of methoxy groups -OCH3 is 1. The summed E-state index contributed by atoms with van der Waals surface area (Å²) in [5.41, 5.74) is 9.01. The zero-order valence-electron chi connectivity index (χ0n) is 10.0. The molecule has 3 heteroatoms. The lowest BCUT2D eigenvalue weighted by Crippen LogP contribution is -2.05. The van der Waals surface area contributed by atoms with Crippen LogP contribution in [0, 0.1) is 0 Å². The van der Waals surface area contributed by atoms with Crippen LogP contribution in [0.1, 0.15) is 25.6 Å². The minimum atomic E-state index is 0.422. The first kappa shape index (κ1) is 11.0. The van der Waals surface area contributed by atoms with Gasteiger partial charge in [0.25, 0.3) is 0 Å². The number of hydrogen-bond donors (Lipinski definition) is 1. The van der Waals surface area contributed by atoms with Gasteiger partial charge in [0.2, 0.25) is 0 Å². The maximum atomic E-state index is 5.79. The number of benzene rings is 1. The Balaban J connectivity index is 2.65. The van der Waals surface area contributed by atoms with Gasteiger partial charge in [-0.05, 0) is 38.1 Å². The summed E-state index contributed by atoms with van der Waals surface area (Å²) in [6, 6.07) is 8.59. The van der Waals surface area contributed by atoms with E-state index in [0.717, 1.165) is 5.69 Å². The van der Waals surface area contributed by atoms with Gasteiger partial charge in [-0.3, -0.25) is 0 Å². The topological polar surface area (TPSA) is 40.2 Å². The van der Waals surface area contributed by atoms with E-state index in [0.29, 0.717) is 12.6 Å². The van der Waals surface area contributed by atoms with Gasteiger partial charge in [-0.25, -0.2) is 0 Å². The van der Waals surface area contributed by atoms with Crippen LogP contribution in [0.25, 0.3) is 10.9 Å². The second-order valence-corrected chi connectivity index (χ2v) is 4.35. The number of nitrogen functional groups attached to an aromatic ring is 1. The first-order valence-electron chi connectivity index (χ1n) is 5.51. The van der Waals surface area contributed by atoms with Crippen LogP contribution in [0.3, 0.4) is 0 Å². The van der Waals surface area contributed by atoms with E-state index in [-0.39, 0.29) is 0 Å². The van der Waals surface area contributed by atoms with E-state index in [4.69, 9.17) is 10.5 Å². The molecule has 2 rings (SSSR count). The van der Waals surface area contributed by atoms with E-state index in [1.165, 1.54) is 16.6 Å². The van der Waals surface area contributed by atoms with Gasteiger partial charge in [0.1, 0.15) is 0 Å². The Morgan fingerprint density at radius 2 is 2.06 bits per heavy atom. The summed E-state index contributed by atoms with van der Waals surface area (Å²) in [5, 5.41) is 1.18. The van der Waals surface area contributed by atoms with Gasteiger partial charge in [0.15, 0.2) is 0 Å². The molecule has 0 saturated heterocycles. The van der Waals surface area contributed by atoms with Crippen LogP contribution in [-0.2, 0) is 11.3 Å². The van der Waals surface area contributed by atoms with E-state index in [2.05, 4.69) is 30.5 Å². The van der Waals surface area contributed by atoms with Crippen LogP contribution in [0.2, 0.25) is 0 Å². The summed E-state index contributed by atoms with van der Waals surface area (Å²) in [6.45, 7) is 4.98. The zero-order valence-corrected chi connectivity index (χ0v) is 10.0. The zero-order chi connectivity index (χ0) is 11.7. The predicted molar refractivity (Wildman–Crippen MR) is 67.4 cm³/mol. The fourth-order valence-electron chi connectivity index (χ4n) is 2.18. The highest BCUT2D eigenvalue weighted by atomic mass is 16.5.